The van der Waals surface area contributed by atoms with Gasteiger partial charge in [-0.25, -0.2) is 8.42 Å². The number of methoxy groups -OCH3 is 1. The normalized spacial score (nSPS) is 11.4. The quantitative estimate of drug-likeness (QED) is 0.826. The molecule has 2 N–H and O–H groups in total. The predicted octanol–water partition coefficient (Wildman–Crippen LogP) is 1.94. The Labute approximate surface area is 117 Å². The molecule has 2 aromatic rings. The van der Waals surface area contributed by atoms with Crippen LogP contribution in [0, 0.1) is 0 Å². The van der Waals surface area contributed by atoms with Crippen LogP contribution in [0.5, 0.6) is 5.75 Å². The van der Waals surface area contributed by atoms with Gasteiger partial charge in [0.05, 0.1) is 4.90 Å². The van der Waals surface area contributed by atoms with Crippen LogP contribution in [0.3, 0.4) is 0 Å². The number of para-hydroxylation sites is 1. The molecule has 5 nitrogen and oxygen atoms in total. The average Bonchev–Trinajstić information content (AvgIpc) is 2.46. The van der Waals surface area contributed by atoms with Crippen molar-refractivity contribution in [2.24, 2.45) is 0 Å². The lowest BCUT2D eigenvalue weighted by Gasteiger charge is -2.12. The minimum absolute atomic E-state index is 0.0295. The van der Waals surface area contributed by atoms with E-state index < -0.39 is 10.0 Å². The van der Waals surface area contributed by atoms with Crippen LogP contribution in [0.15, 0.2) is 53.4 Å². The van der Waals surface area contributed by atoms with Crippen LogP contribution >= 0.6 is 0 Å². The van der Waals surface area contributed by atoms with E-state index in [1.165, 1.54) is 19.2 Å². The zero-order valence-corrected chi connectivity index (χ0v) is 11.7. The number of benzene rings is 2. The van der Waals surface area contributed by atoms with Crippen molar-refractivity contribution < 1.29 is 18.3 Å². The highest BCUT2D eigenvalue weighted by Gasteiger charge is 2.19. The van der Waals surface area contributed by atoms with Gasteiger partial charge in [0.2, 0.25) is 10.0 Å². The fraction of sp³-hybridized carbons (Fsp3) is 0.143. The van der Waals surface area contributed by atoms with Gasteiger partial charge in [0.25, 0.3) is 0 Å². The van der Waals surface area contributed by atoms with Gasteiger partial charge in [0.1, 0.15) is 12.5 Å². The molecule has 0 aromatic heterocycles. The summed E-state index contributed by atoms with van der Waals surface area (Å²) in [7, 11) is -2.30. The molecule has 6 heteroatoms. The van der Waals surface area contributed by atoms with Crippen molar-refractivity contribution in [2.45, 2.75) is 4.90 Å². The molecule has 0 aliphatic rings. The Bertz CT molecular complexity index is 698. The zero-order chi connectivity index (χ0) is 14.6. The minimum atomic E-state index is -3.70. The second-order valence-corrected chi connectivity index (χ2v) is 5.83. The van der Waals surface area contributed by atoms with Gasteiger partial charge in [0, 0.05) is 18.2 Å². The second-order valence-electron chi connectivity index (χ2n) is 4.09. The van der Waals surface area contributed by atoms with Crippen molar-refractivity contribution >= 4 is 10.0 Å². The van der Waals surface area contributed by atoms with E-state index in [0.717, 1.165) is 0 Å². The Kier molecular flexibility index (Phi) is 4.39. The molecule has 0 unspecified atom stereocenters. The van der Waals surface area contributed by atoms with Crippen molar-refractivity contribution in [3.05, 3.63) is 48.5 Å². The highest BCUT2D eigenvalue weighted by atomic mass is 32.2. The first kappa shape index (κ1) is 14.5. The monoisotopic (exact) mass is 293 g/mol. The molecule has 0 aliphatic carbocycles. The van der Waals surface area contributed by atoms with Gasteiger partial charge in [-0.3, -0.25) is 0 Å². The maximum atomic E-state index is 12.2. The molecule has 0 atom stereocenters. The summed E-state index contributed by atoms with van der Waals surface area (Å²) in [6, 6.07) is 13.1. The van der Waals surface area contributed by atoms with Crippen LogP contribution in [0.1, 0.15) is 0 Å². The molecule has 0 amide bonds. The smallest absolute Gasteiger partial charge is 0.243 e. The van der Waals surface area contributed by atoms with Crippen molar-refractivity contribution in [3.8, 4) is 16.9 Å². The molecule has 0 aliphatic heterocycles. The van der Waals surface area contributed by atoms with E-state index in [2.05, 4.69) is 4.72 Å². The zero-order valence-electron chi connectivity index (χ0n) is 10.9. The Hall–Kier alpha value is -1.89. The first-order valence-electron chi connectivity index (χ1n) is 5.92. The summed E-state index contributed by atoms with van der Waals surface area (Å²) in [4.78, 5) is 0.0959. The number of ether oxygens (including phenoxy) is 1. The van der Waals surface area contributed by atoms with Crippen LogP contribution < -0.4 is 4.72 Å². The summed E-state index contributed by atoms with van der Waals surface area (Å²) in [5.41, 5.74) is 0.903. The van der Waals surface area contributed by atoms with Crippen LogP contribution in [0.25, 0.3) is 11.1 Å². The molecule has 0 fully saturated rings. The van der Waals surface area contributed by atoms with E-state index in [0.29, 0.717) is 11.1 Å². The third kappa shape index (κ3) is 2.98. The molecule has 0 spiro atoms. The van der Waals surface area contributed by atoms with Crippen molar-refractivity contribution in [1.29, 1.82) is 0 Å². The second kappa shape index (κ2) is 6.04. The van der Waals surface area contributed by atoms with Gasteiger partial charge in [-0.15, -0.1) is 0 Å². The molecular formula is C14H15NO4S. The van der Waals surface area contributed by atoms with Crippen LogP contribution in [0.2, 0.25) is 0 Å². The molecule has 20 heavy (non-hydrogen) atoms. The van der Waals surface area contributed by atoms with E-state index >= 15 is 0 Å². The van der Waals surface area contributed by atoms with E-state index in [1.54, 1.807) is 36.4 Å². The van der Waals surface area contributed by atoms with E-state index in [4.69, 9.17) is 4.74 Å². The summed E-state index contributed by atoms with van der Waals surface area (Å²) >= 11 is 0. The molecule has 0 saturated carbocycles. The third-order valence-electron chi connectivity index (χ3n) is 2.76. The number of sulfonamides is 1. The first-order valence-corrected chi connectivity index (χ1v) is 7.40. The fourth-order valence-electron chi connectivity index (χ4n) is 1.84. The Morgan fingerprint density at radius 1 is 1.05 bits per heavy atom. The fourth-order valence-corrected chi connectivity index (χ4v) is 2.99. The lowest BCUT2D eigenvalue weighted by Crippen LogP contribution is -2.26. The highest BCUT2D eigenvalue weighted by Crippen LogP contribution is 2.33. The summed E-state index contributed by atoms with van der Waals surface area (Å²) in [5, 5.41) is 9.89. The maximum absolute atomic E-state index is 12.2. The molecule has 2 aromatic carbocycles. The van der Waals surface area contributed by atoms with Crippen LogP contribution in [-0.4, -0.2) is 27.4 Å². The average molecular weight is 293 g/mol. The van der Waals surface area contributed by atoms with Gasteiger partial charge in [-0.05, 0) is 12.1 Å². The molecular weight excluding hydrogens is 278 g/mol. The van der Waals surface area contributed by atoms with Crippen LogP contribution in [0.4, 0.5) is 0 Å². The molecule has 0 heterocycles. The summed E-state index contributed by atoms with van der Waals surface area (Å²) in [5.74, 6) is 0.0295. The predicted molar refractivity (Wildman–Crippen MR) is 75.7 cm³/mol. The summed E-state index contributed by atoms with van der Waals surface area (Å²) in [6.45, 7) is -0.114. The SMILES string of the molecule is COCNS(=O)(=O)c1ccccc1-c1ccccc1O. The number of phenols is 1. The van der Waals surface area contributed by atoms with Gasteiger partial charge < -0.3 is 9.84 Å². The van der Waals surface area contributed by atoms with Gasteiger partial charge in [-0.1, -0.05) is 36.4 Å². The third-order valence-corrected chi connectivity index (χ3v) is 4.20. The topological polar surface area (TPSA) is 75.6 Å². The lowest BCUT2D eigenvalue weighted by molar-refractivity contribution is 0.194. The van der Waals surface area contributed by atoms with E-state index in [1.807, 2.05) is 0 Å². The number of hydrogen-bond donors (Lipinski definition) is 2. The Balaban J connectivity index is 2.55. The van der Waals surface area contributed by atoms with Gasteiger partial charge in [-0.2, -0.15) is 4.72 Å². The van der Waals surface area contributed by atoms with Crippen molar-refractivity contribution in [2.75, 3.05) is 13.8 Å². The summed E-state index contributed by atoms with van der Waals surface area (Å²) in [6.07, 6.45) is 0. The molecule has 106 valence electrons. The Morgan fingerprint density at radius 3 is 2.30 bits per heavy atom. The molecule has 0 saturated heterocycles. The highest BCUT2D eigenvalue weighted by molar-refractivity contribution is 7.89. The number of phenolic OH excluding ortho intramolecular Hbond substituents is 1. The van der Waals surface area contributed by atoms with Crippen molar-refractivity contribution in [3.63, 3.8) is 0 Å². The van der Waals surface area contributed by atoms with E-state index in [9.17, 15) is 13.5 Å². The minimum Gasteiger partial charge on any atom is -0.507 e. The lowest BCUT2D eigenvalue weighted by atomic mass is 10.0. The van der Waals surface area contributed by atoms with Crippen LogP contribution in [-0.2, 0) is 14.8 Å². The number of nitrogens with one attached hydrogen (secondary N) is 1. The Morgan fingerprint density at radius 2 is 1.65 bits per heavy atom. The largest absolute Gasteiger partial charge is 0.507 e. The van der Waals surface area contributed by atoms with E-state index in [-0.39, 0.29) is 17.4 Å². The number of hydrogen-bond acceptors (Lipinski definition) is 4. The molecule has 0 bridgehead atoms. The summed E-state index contributed by atoms with van der Waals surface area (Å²) < 4.78 is 31.5. The van der Waals surface area contributed by atoms with Gasteiger partial charge in [0.15, 0.2) is 0 Å². The molecule has 0 radical (unpaired) electrons. The van der Waals surface area contributed by atoms with Gasteiger partial charge >= 0.3 is 0 Å². The van der Waals surface area contributed by atoms with Crippen molar-refractivity contribution in [1.82, 2.24) is 4.72 Å². The molecule has 2 rings (SSSR count). The maximum Gasteiger partial charge on any atom is 0.243 e. The number of rotatable bonds is 5. The first-order chi connectivity index (χ1) is 9.56. The standard InChI is InChI=1S/C14H15NO4S/c1-19-10-15-20(17,18)14-9-5-3-7-12(14)11-6-2-4-8-13(11)16/h2-9,15-16H,10H2,1H3. The number of aromatic hydroxyl groups is 1.